The fourth-order valence-corrected chi connectivity index (χ4v) is 4.44. The van der Waals surface area contributed by atoms with Crippen LogP contribution >= 0.6 is 0 Å². The molecule has 1 aromatic rings. The van der Waals surface area contributed by atoms with E-state index in [1.165, 1.54) is 4.90 Å². The van der Waals surface area contributed by atoms with E-state index in [1.807, 2.05) is 6.92 Å². The van der Waals surface area contributed by atoms with Gasteiger partial charge in [-0.15, -0.1) is 0 Å². The van der Waals surface area contributed by atoms with Crippen molar-refractivity contribution in [1.29, 1.82) is 0 Å². The van der Waals surface area contributed by atoms with Crippen LogP contribution in [0.4, 0.5) is 0 Å². The van der Waals surface area contributed by atoms with Gasteiger partial charge >= 0.3 is 5.97 Å². The number of hydrogen-bond acceptors (Lipinski definition) is 6. The maximum absolute atomic E-state index is 12.2. The van der Waals surface area contributed by atoms with Crippen LogP contribution < -0.4 is 0 Å². The van der Waals surface area contributed by atoms with Crippen LogP contribution in [0.15, 0.2) is 18.3 Å². The van der Waals surface area contributed by atoms with Crippen LogP contribution in [0.1, 0.15) is 24.6 Å². The zero-order valence-electron chi connectivity index (χ0n) is 13.9. The second-order valence-corrected chi connectivity index (χ2v) is 8.11. The molecule has 7 nitrogen and oxygen atoms in total. The Kier molecular flexibility index (Phi) is 5.93. The maximum atomic E-state index is 12.2. The minimum Gasteiger partial charge on any atom is -0.455 e. The lowest BCUT2D eigenvalue weighted by Crippen LogP contribution is -2.43. The summed E-state index contributed by atoms with van der Waals surface area (Å²) in [6.45, 7) is 3.65. The third-order valence-corrected chi connectivity index (χ3v) is 5.74. The first-order chi connectivity index (χ1) is 11.3. The van der Waals surface area contributed by atoms with Gasteiger partial charge in [0.1, 0.15) is 0 Å². The highest BCUT2D eigenvalue weighted by molar-refractivity contribution is 7.91. The molecule has 1 amide bonds. The number of ether oxygens (including phenoxy) is 1. The fourth-order valence-electron chi connectivity index (χ4n) is 2.71. The van der Waals surface area contributed by atoms with Gasteiger partial charge in [0.05, 0.1) is 17.9 Å². The average Bonchev–Trinajstić information content (AvgIpc) is 2.88. The summed E-state index contributed by atoms with van der Waals surface area (Å²) in [6, 6.07) is 3.26. The number of aryl methyl sites for hydroxylation is 1. The summed E-state index contributed by atoms with van der Waals surface area (Å²) in [5, 5.41) is 0. The van der Waals surface area contributed by atoms with E-state index in [0.29, 0.717) is 18.5 Å². The number of aromatic nitrogens is 1. The number of sulfone groups is 1. The quantitative estimate of drug-likeness (QED) is 0.691. The number of likely N-dealkylation sites (N-methyl/N-ethyl adjacent to an activating group) is 1. The second-order valence-electron chi connectivity index (χ2n) is 5.88. The van der Waals surface area contributed by atoms with Gasteiger partial charge in [-0.05, 0) is 31.9 Å². The number of carbonyl (C=O) groups is 2. The monoisotopic (exact) mass is 354 g/mol. The molecule has 8 heteroatoms. The highest BCUT2D eigenvalue weighted by Crippen LogP contribution is 2.17. The van der Waals surface area contributed by atoms with Crippen molar-refractivity contribution in [1.82, 2.24) is 9.88 Å². The summed E-state index contributed by atoms with van der Waals surface area (Å²) in [5.74, 6) is -0.795. The summed E-state index contributed by atoms with van der Waals surface area (Å²) in [4.78, 5) is 29.6. The molecule has 24 heavy (non-hydrogen) atoms. The maximum Gasteiger partial charge on any atom is 0.310 e. The van der Waals surface area contributed by atoms with Crippen molar-refractivity contribution in [2.45, 2.75) is 32.7 Å². The summed E-state index contributed by atoms with van der Waals surface area (Å²) in [5.41, 5.74) is 1.57. The number of pyridine rings is 1. The normalized spacial score (nSPS) is 19.0. The number of nitrogens with zero attached hydrogens (tertiary/aromatic N) is 2. The molecule has 1 atom stereocenters. The Bertz CT molecular complexity index is 700. The predicted octanol–water partition coefficient (Wildman–Crippen LogP) is 0.511. The number of amides is 1. The standard InChI is InChI=1S/C16H22N2O5S/c1-3-18(14-6-7-24(21,22)11-14)15(19)10-23-16(20)8-13-5-4-12(2)17-9-13/h4-5,9,14H,3,6-8,10-11H2,1-2H3. The fraction of sp³-hybridized carbons (Fsp3) is 0.562. The Hall–Kier alpha value is -1.96. The van der Waals surface area contributed by atoms with Gasteiger partial charge in [0.15, 0.2) is 16.4 Å². The Balaban J connectivity index is 1.84. The molecule has 0 radical (unpaired) electrons. The second kappa shape index (κ2) is 7.74. The van der Waals surface area contributed by atoms with E-state index in [4.69, 9.17) is 4.74 Å². The van der Waals surface area contributed by atoms with Crippen molar-refractivity contribution in [2.75, 3.05) is 24.7 Å². The lowest BCUT2D eigenvalue weighted by atomic mass is 10.2. The summed E-state index contributed by atoms with van der Waals surface area (Å²) in [6.07, 6.45) is 2.08. The molecular weight excluding hydrogens is 332 g/mol. The first-order valence-electron chi connectivity index (χ1n) is 7.88. The zero-order chi connectivity index (χ0) is 17.7. The molecule has 0 spiro atoms. The topological polar surface area (TPSA) is 93.6 Å². The van der Waals surface area contributed by atoms with E-state index in [-0.39, 0.29) is 36.5 Å². The van der Waals surface area contributed by atoms with Crippen LogP contribution in [0.25, 0.3) is 0 Å². The summed E-state index contributed by atoms with van der Waals surface area (Å²) >= 11 is 0. The van der Waals surface area contributed by atoms with Crippen molar-refractivity contribution >= 4 is 21.7 Å². The lowest BCUT2D eigenvalue weighted by molar-refractivity contribution is -0.152. The first-order valence-corrected chi connectivity index (χ1v) is 9.70. The molecule has 1 aliphatic heterocycles. The summed E-state index contributed by atoms with van der Waals surface area (Å²) in [7, 11) is -3.07. The predicted molar refractivity (Wildman–Crippen MR) is 88.1 cm³/mol. The van der Waals surface area contributed by atoms with E-state index in [0.717, 1.165) is 5.69 Å². The molecule has 0 bridgehead atoms. The van der Waals surface area contributed by atoms with Crippen molar-refractivity contribution in [3.63, 3.8) is 0 Å². The van der Waals surface area contributed by atoms with E-state index < -0.39 is 15.8 Å². The molecule has 0 aliphatic carbocycles. The van der Waals surface area contributed by atoms with Gasteiger partial charge in [0.25, 0.3) is 5.91 Å². The molecule has 0 N–H and O–H groups in total. The Morgan fingerprint density at radius 1 is 1.38 bits per heavy atom. The minimum absolute atomic E-state index is 0.0183. The Morgan fingerprint density at radius 3 is 2.67 bits per heavy atom. The van der Waals surface area contributed by atoms with E-state index >= 15 is 0 Å². The molecule has 2 heterocycles. The minimum atomic E-state index is -3.07. The summed E-state index contributed by atoms with van der Waals surface area (Å²) < 4.78 is 28.1. The average molecular weight is 354 g/mol. The van der Waals surface area contributed by atoms with Gasteiger partial charge in [-0.1, -0.05) is 6.07 Å². The van der Waals surface area contributed by atoms with Crippen LogP contribution in [-0.4, -0.2) is 60.9 Å². The molecule has 1 fully saturated rings. The molecule has 0 saturated carbocycles. The van der Waals surface area contributed by atoms with Gasteiger partial charge in [-0.3, -0.25) is 14.6 Å². The van der Waals surface area contributed by atoms with Crippen LogP contribution in [-0.2, 0) is 30.6 Å². The van der Waals surface area contributed by atoms with Crippen LogP contribution in [0.5, 0.6) is 0 Å². The Labute approximate surface area is 141 Å². The van der Waals surface area contributed by atoms with Crippen LogP contribution in [0.2, 0.25) is 0 Å². The van der Waals surface area contributed by atoms with Crippen molar-refractivity contribution < 1.29 is 22.7 Å². The Morgan fingerprint density at radius 2 is 2.12 bits per heavy atom. The van der Waals surface area contributed by atoms with Crippen molar-refractivity contribution in [3.8, 4) is 0 Å². The number of esters is 1. The number of hydrogen-bond donors (Lipinski definition) is 0. The molecule has 1 aliphatic rings. The largest absolute Gasteiger partial charge is 0.455 e. The molecule has 2 rings (SSSR count). The van der Waals surface area contributed by atoms with E-state index in [2.05, 4.69) is 4.98 Å². The molecule has 132 valence electrons. The molecule has 0 aromatic carbocycles. The third-order valence-electron chi connectivity index (χ3n) is 3.99. The SMILES string of the molecule is CCN(C(=O)COC(=O)Cc1ccc(C)nc1)C1CCS(=O)(=O)C1. The molecule has 1 aromatic heterocycles. The third kappa shape index (κ3) is 5.02. The lowest BCUT2D eigenvalue weighted by Gasteiger charge is -2.26. The number of carbonyl (C=O) groups excluding carboxylic acids is 2. The highest BCUT2D eigenvalue weighted by atomic mass is 32.2. The van der Waals surface area contributed by atoms with Gasteiger partial charge in [-0.25, -0.2) is 8.42 Å². The molecule has 1 saturated heterocycles. The van der Waals surface area contributed by atoms with Gasteiger partial charge in [0, 0.05) is 24.5 Å². The van der Waals surface area contributed by atoms with Gasteiger partial charge in [-0.2, -0.15) is 0 Å². The number of rotatable bonds is 6. The van der Waals surface area contributed by atoms with E-state index in [1.54, 1.807) is 25.3 Å². The van der Waals surface area contributed by atoms with Crippen molar-refractivity contribution in [3.05, 3.63) is 29.6 Å². The smallest absolute Gasteiger partial charge is 0.310 e. The van der Waals surface area contributed by atoms with Crippen LogP contribution in [0, 0.1) is 6.92 Å². The first kappa shape index (κ1) is 18.4. The molecule has 1 unspecified atom stereocenters. The molecular formula is C16H22N2O5S. The van der Waals surface area contributed by atoms with Gasteiger partial charge < -0.3 is 9.64 Å². The van der Waals surface area contributed by atoms with Crippen molar-refractivity contribution in [2.24, 2.45) is 0 Å². The zero-order valence-corrected chi connectivity index (χ0v) is 14.7. The van der Waals surface area contributed by atoms with Crippen LogP contribution in [0.3, 0.4) is 0 Å². The van der Waals surface area contributed by atoms with Gasteiger partial charge in [0.2, 0.25) is 0 Å². The highest BCUT2D eigenvalue weighted by Gasteiger charge is 2.34. The van der Waals surface area contributed by atoms with E-state index in [9.17, 15) is 18.0 Å².